The highest BCUT2D eigenvalue weighted by Crippen LogP contribution is 2.39. The molecule has 1 N–H and O–H groups in total. The molecule has 2 rings (SSSR count). The number of hydrogen-bond donors (Lipinski definition) is 1. The van der Waals surface area contributed by atoms with Crippen molar-refractivity contribution in [3.63, 3.8) is 0 Å². The molecule has 0 aliphatic carbocycles. The van der Waals surface area contributed by atoms with E-state index in [0.717, 1.165) is 11.8 Å². The summed E-state index contributed by atoms with van der Waals surface area (Å²) in [5.41, 5.74) is -0.964. The molecule has 0 unspecified atom stereocenters. The molecule has 0 aromatic heterocycles. The molecule has 0 fully saturated rings. The number of nitriles is 2. The Kier molecular flexibility index (Phi) is 5.62. The summed E-state index contributed by atoms with van der Waals surface area (Å²) in [6.45, 7) is 1.78. The zero-order valence-electron chi connectivity index (χ0n) is 13.0. The van der Waals surface area contributed by atoms with E-state index in [0.29, 0.717) is 17.2 Å². The van der Waals surface area contributed by atoms with Crippen LogP contribution in [0.3, 0.4) is 0 Å². The molecule has 0 radical (unpaired) electrons. The Balaban J connectivity index is 2.71. The minimum Gasteiger partial charge on any atom is -0.495 e. The molecule has 0 bridgehead atoms. The number of nitrogens with one attached hydrogen (secondary N) is 1. The molecule has 2 aromatic carbocycles. The first-order valence-corrected chi connectivity index (χ1v) is 7.95. The predicted octanol–water partition coefficient (Wildman–Crippen LogP) is 4.57. The molecule has 2 aromatic rings. The standard InChI is InChI=1S/C17H13F2N3OS/c1-3-24-17-15(19)11(9-21)10(8-20)14(18)16(17)22-12-6-4-5-7-13(12)23-2/h4-7,22H,3H2,1-2H3. The van der Waals surface area contributed by atoms with E-state index >= 15 is 0 Å². The fourth-order valence-corrected chi connectivity index (χ4v) is 2.95. The monoisotopic (exact) mass is 345 g/mol. The summed E-state index contributed by atoms with van der Waals surface area (Å²) >= 11 is 1.05. The molecule has 0 saturated heterocycles. The molecule has 0 atom stereocenters. The lowest BCUT2D eigenvalue weighted by Gasteiger charge is -2.17. The number of rotatable bonds is 5. The maximum absolute atomic E-state index is 14.7. The van der Waals surface area contributed by atoms with Crippen molar-refractivity contribution in [3.8, 4) is 17.9 Å². The van der Waals surface area contributed by atoms with Crippen molar-refractivity contribution in [2.24, 2.45) is 0 Å². The van der Waals surface area contributed by atoms with E-state index < -0.39 is 22.8 Å². The highest BCUT2D eigenvalue weighted by molar-refractivity contribution is 7.99. The summed E-state index contributed by atoms with van der Waals surface area (Å²) in [5, 5.41) is 20.9. The SMILES string of the molecule is CCSc1c(F)c(C#N)c(C#N)c(F)c1Nc1ccccc1OC. The lowest BCUT2D eigenvalue weighted by Crippen LogP contribution is -2.06. The van der Waals surface area contributed by atoms with Gasteiger partial charge in [-0.25, -0.2) is 8.78 Å². The number of hydrogen-bond acceptors (Lipinski definition) is 5. The Hall–Kier alpha value is -2.77. The Morgan fingerprint density at radius 3 is 2.33 bits per heavy atom. The topological polar surface area (TPSA) is 68.8 Å². The Morgan fingerprint density at radius 2 is 1.75 bits per heavy atom. The first kappa shape index (κ1) is 17.6. The average Bonchev–Trinajstić information content (AvgIpc) is 2.60. The molecule has 122 valence electrons. The Labute approximate surface area is 142 Å². The molecule has 0 amide bonds. The molecule has 0 heterocycles. The molecule has 0 saturated carbocycles. The van der Waals surface area contributed by atoms with Gasteiger partial charge in [-0.1, -0.05) is 19.1 Å². The van der Waals surface area contributed by atoms with Gasteiger partial charge in [-0.15, -0.1) is 11.8 Å². The van der Waals surface area contributed by atoms with Crippen molar-refractivity contribution >= 4 is 23.1 Å². The van der Waals surface area contributed by atoms with Gasteiger partial charge in [0, 0.05) is 0 Å². The number of halogens is 2. The van der Waals surface area contributed by atoms with Gasteiger partial charge < -0.3 is 10.1 Å². The van der Waals surface area contributed by atoms with Gasteiger partial charge in [0.2, 0.25) is 0 Å². The number of thioether (sulfide) groups is 1. The van der Waals surface area contributed by atoms with Crippen LogP contribution in [0.1, 0.15) is 18.1 Å². The Morgan fingerprint density at radius 1 is 1.12 bits per heavy atom. The molecule has 0 aliphatic rings. The molecule has 7 heteroatoms. The van der Waals surface area contributed by atoms with E-state index in [-0.39, 0.29) is 10.6 Å². The minimum atomic E-state index is -0.961. The maximum Gasteiger partial charge on any atom is 0.167 e. The van der Waals surface area contributed by atoms with Crippen LogP contribution in [-0.4, -0.2) is 12.9 Å². The summed E-state index contributed by atoms with van der Waals surface area (Å²) in [5.74, 6) is -0.960. The first-order valence-electron chi connectivity index (χ1n) is 6.96. The molecule has 24 heavy (non-hydrogen) atoms. The molecular formula is C17H13F2N3OS. The van der Waals surface area contributed by atoms with Crippen molar-refractivity contribution in [2.45, 2.75) is 11.8 Å². The molecule has 0 spiro atoms. The second-order valence-electron chi connectivity index (χ2n) is 4.56. The van der Waals surface area contributed by atoms with E-state index in [9.17, 15) is 8.78 Å². The van der Waals surface area contributed by atoms with E-state index in [1.807, 2.05) is 0 Å². The second-order valence-corrected chi connectivity index (χ2v) is 5.84. The van der Waals surface area contributed by atoms with Crippen LogP contribution in [0.4, 0.5) is 20.2 Å². The molecular weight excluding hydrogens is 332 g/mol. The van der Waals surface area contributed by atoms with Crippen LogP contribution >= 0.6 is 11.8 Å². The van der Waals surface area contributed by atoms with Crippen molar-refractivity contribution in [1.29, 1.82) is 10.5 Å². The van der Waals surface area contributed by atoms with E-state index in [1.165, 1.54) is 7.11 Å². The van der Waals surface area contributed by atoms with Gasteiger partial charge in [0.1, 0.15) is 29.0 Å². The van der Waals surface area contributed by atoms with Crippen molar-refractivity contribution < 1.29 is 13.5 Å². The smallest absolute Gasteiger partial charge is 0.167 e. The van der Waals surface area contributed by atoms with Gasteiger partial charge in [0.05, 0.1) is 23.4 Å². The van der Waals surface area contributed by atoms with Crippen molar-refractivity contribution in [1.82, 2.24) is 0 Å². The number of benzene rings is 2. The van der Waals surface area contributed by atoms with Gasteiger partial charge in [-0.2, -0.15) is 10.5 Å². The summed E-state index contributed by atoms with van der Waals surface area (Å²) in [7, 11) is 1.46. The highest BCUT2D eigenvalue weighted by Gasteiger charge is 2.25. The van der Waals surface area contributed by atoms with E-state index in [2.05, 4.69) is 5.32 Å². The van der Waals surface area contributed by atoms with Gasteiger partial charge in [-0.05, 0) is 17.9 Å². The number of ether oxygens (including phenoxy) is 1. The van der Waals surface area contributed by atoms with Crippen molar-refractivity contribution in [3.05, 3.63) is 47.0 Å². The third-order valence-electron chi connectivity index (χ3n) is 3.21. The van der Waals surface area contributed by atoms with Crippen LogP contribution in [0.5, 0.6) is 5.75 Å². The van der Waals surface area contributed by atoms with E-state index in [4.69, 9.17) is 15.3 Å². The predicted molar refractivity (Wildman–Crippen MR) is 88.5 cm³/mol. The lowest BCUT2D eigenvalue weighted by atomic mass is 10.1. The van der Waals surface area contributed by atoms with Crippen molar-refractivity contribution in [2.75, 3.05) is 18.2 Å². The number of methoxy groups -OCH3 is 1. The van der Waals surface area contributed by atoms with Gasteiger partial charge in [0.25, 0.3) is 0 Å². The highest BCUT2D eigenvalue weighted by atomic mass is 32.2. The third kappa shape index (κ3) is 3.12. The molecule has 0 aliphatic heterocycles. The summed E-state index contributed by atoms with van der Waals surface area (Å²) in [6, 6.07) is 9.88. The lowest BCUT2D eigenvalue weighted by molar-refractivity contribution is 0.416. The van der Waals surface area contributed by atoms with Crippen LogP contribution in [0.25, 0.3) is 0 Å². The van der Waals surface area contributed by atoms with Gasteiger partial charge in [-0.3, -0.25) is 0 Å². The van der Waals surface area contributed by atoms with Crippen LogP contribution in [0, 0.1) is 34.3 Å². The zero-order chi connectivity index (χ0) is 17.7. The number of nitrogens with zero attached hydrogens (tertiary/aromatic N) is 2. The Bertz CT molecular complexity index is 856. The third-order valence-corrected chi connectivity index (χ3v) is 4.17. The average molecular weight is 345 g/mol. The fourth-order valence-electron chi connectivity index (χ4n) is 2.15. The normalized spacial score (nSPS) is 9.92. The summed E-state index contributed by atoms with van der Waals surface area (Å²) in [4.78, 5) is -0.0449. The van der Waals surface area contributed by atoms with Crippen LogP contribution in [-0.2, 0) is 0 Å². The number of anilines is 2. The van der Waals surface area contributed by atoms with Crippen LogP contribution in [0.15, 0.2) is 29.2 Å². The molecule has 4 nitrogen and oxygen atoms in total. The fraction of sp³-hybridized carbons (Fsp3) is 0.176. The summed E-state index contributed by atoms with van der Waals surface area (Å²) in [6.07, 6.45) is 0. The quantitative estimate of drug-likeness (QED) is 0.804. The second kappa shape index (κ2) is 7.67. The van der Waals surface area contributed by atoms with Crippen LogP contribution < -0.4 is 10.1 Å². The maximum atomic E-state index is 14.7. The summed E-state index contributed by atoms with van der Waals surface area (Å²) < 4.78 is 34.5. The van der Waals surface area contributed by atoms with E-state index in [1.54, 1.807) is 43.3 Å². The largest absolute Gasteiger partial charge is 0.495 e. The van der Waals surface area contributed by atoms with Gasteiger partial charge in [0.15, 0.2) is 11.6 Å². The zero-order valence-corrected chi connectivity index (χ0v) is 13.8. The first-order chi connectivity index (χ1) is 11.6. The number of para-hydroxylation sites is 2. The minimum absolute atomic E-state index is 0.0449. The van der Waals surface area contributed by atoms with Gasteiger partial charge >= 0.3 is 0 Å². The van der Waals surface area contributed by atoms with Crippen LogP contribution in [0.2, 0.25) is 0 Å².